The highest BCUT2D eigenvalue weighted by molar-refractivity contribution is 5.91. The van der Waals surface area contributed by atoms with E-state index in [0.717, 1.165) is 5.69 Å². The molecule has 2 aromatic carbocycles. The first kappa shape index (κ1) is 19.0. The fourth-order valence-electron chi connectivity index (χ4n) is 2.54. The molecule has 0 saturated carbocycles. The zero-order valence-corrected chi connectivity index (χ0v) is 15.1. The molecule has 0 fully saturated rings. The Hall–Kier alpha value is -3.74. The van der Waals surface area contributed by atoms with Gasteiger partial charge in [0.15, 0.2) is 0 Å². The molecule has 0 atom stereocenters. The van der Waals surface area contributed by atoms with Gasteiger partial charge < -0.3 is 15.4 Å². The fraction of sp³-hybridized carbons (Fsp3) is 0.0952. The van der Waals surface area contributed by atoms with E-state index in [1.807, 2.05) is 0 Å². The van der Waals surface area contributed by atoms with E-state index < -0.39 is 5.97 Å². The van der Waals surface area contributed by atoms with Crippen molar-refractivity contribution in [2.75, 3.05) is 17.7 Å². The van der Waals surface area contributed by atoms with Crippen LogP contribution < -0.4 is 10.6 Å². The van der Waals surface area contributed by atoms with Crippen molar-refractivity contribution in [3.63, 3.8) is 0 Å². The van der Waals surface area contributed by atoms with Gasteiger partial charge in [-0.15, -0.1) is 0 Å². The lowest BCUT2D eigenvalue weighted by Crippen LogP contribution is -2.15. The number of methoxy groups -OCH3 is 1. The summed E-state index contributed by atoms with van der Waals surface area (Å²) in [6.07, 6.45) is 1.64. The maximum atomic E-state index is 13.2. The van der Waals surface area contributed by atoms with Crippen molar-refractivity contribution in [3.05, 3.63) is 83.8 Å². The first-order chi connectivity index (χ1) is 13.5. The van der Waals surface area contributed by atoms with Gasteiger partial charge in [-0.25, -0.2) is 14.2 Å². The van der Waals surface area contributed by atoms with Crippen LogP contribution in [0.15, 0.2) is 66.9 Å². The van der Waals surface area contributed by atoms with Crippen LogP contribution in [0.2, 0.25) is 0 Å². The van der Waals surface area contributed by atoms with Gasteiger partial charge in [-0.2, -0.15) is 0 Å². The van der Waals surface area contributed by atoms with E-state index in [2.05, 4.69) is 20.4 Å². The fourth-order valence-corrected chi connectivity index (χ4v) is 2.54. The first-order valence-corrected chi connectivity index (χ1v) is 8.49. The summed E-state index contributed by atoms with van der Waals surface area (Å²) in [6.45, 7) is 0. The van der Waals surface area contributed by atoms with Gasteiger partial charge in [0.05, 0.1) is 31.0 Å². The Balaban J connectivity index is 1.57. The minimum Gasteiger partial charge on any atom is -0.465 e. The van der Waals surface area contributed by atoms with Crippen molar-refractivity contribution < 1.29 is 18.7 Å². The monoisotopic (exact) mass is 379 g/mol. The number of anilines is 3. The van der Waals surface area contributed by atoms with E-state index in [1.54, 1.807) is 54.7 Å². The topological polar surface area (TPSA) is 80.3 Å². The molecule has 0 saturated heterocycles. The predicted molar refractivity (Wildman–Crippen MR) is 104 cm³/mol. The number of pyridine rings is 1. The van der Waals surface area contributed by atoms with Gasteiger partial charge in [-0.3, -0.25) is 4.79 Å². The summed E-state index contributed by atoms with van der Waals surface area (Å²) in [7, 11) is 1.33. The number of benzene rings is 2. The molecular weight excluding hydrogens is 361 g/mol. The van der Waals surface area contributed by atoms with Crippen LogP contribution in [0.5, 0.6) is 0 Å². The van der Waals surface area contributed by atoms with Crippen LogP contribution in [0.4, 0.5) is 21.6 Å². The molecule has 0 unspecified atom stereocenters. The Bertz CT molecular complexity index is 973. The lowest BCUT2D eigenvalue weighted by Gasteiger charge is -2.09. The Morgan fingerprint density at radius 2 is 1.79 bits per heavy atom. The van der Waals surface area contributed by atoms with Gasteiger partial charge in [-0.05, 0) is 54.1 Å². The van der Waals surface area contributed by atoms with Crippen molar-refractivity contribution in [3.8, 4) is 0 Å². The Morgan fingerprint density at radius 3 is 2.43 bits per heavy atom. The number of hydrogen-bond donors (Lipinski definition) is 2. The molecule has 3 aromatic rings. The summed E-state index contributed by atoms with van der Waals surface area (Å²) in [5.41, 5.74) is 2.54. The average molecular weight is 379 g/mol. The van der Waals surface area contributed by atoms with Gasteiger partial charge in [-0.1, -0.05) is 12.1 Å². The number of carbonyl (C=O) groups is 2. The molecule has 3 rings (SSSR count). The number of esters is 1. The van der Waals surface area contributed by atoms with Crippen LogP contribution in [0.3, 0.4) is 0 Å². The van der Waals surface area contributed by atoms with Gasteiger partial charge in [0.2, 0.25) is 5.91 Å². The second-order valence-electron chi connectivity index (χ2n) is 5.98. The zero-order chi connectivity index (χ0) is 19.9. The number of carbonyl (C=O) groups excluding carboxylic acids is 2. The molecule has 1 amide bonds. The number of hydrogen-bond acceptors (Lipinski definition) is 5. The van der Waals surface area contributed by atoms with E-state index in [-0.39, 0.29) is 18.1 Å². The van der Waals surface area contributed by atoms with Crippen LogP contribution in [0, 0.1) is 5.82 Å². The summed E-state index contributed by atoms with van der Waals surface area (Å²) in [6, 6.07) is 16.1. The van der Waals surface area contributed by atoms with Crippen molar-refractivity contribution >= 4 is 29.1 Å². The normalized spacial score (nSPS) is 10.2. The molecule has 7 heteroatoms. The minimum atomic E-state index is -0.397. The van der Waals surface area contributed by atoms with Crippen LogP contribution in [-0.2, 0) is 16.0 Å². The number of rotatable bonds is 6. The standard InChI is InChI=1S/C21H18FN3O3/c1-28-21(27)15-5-7-17(8-6-15)24-18-9-10-19(23-13-18)25-20(26)12-14-3-2-4-16(22)11-14/h2-11,13,24H,12H2,1H3,(H,23,25,26). The summed E-state index contributed by atoms with van der Waals surface area (Å²) >= 11 is 0. The van der Waals surface area contributed by atoms with E-state index in [9.17, 15) is 14.0 Å². The lowest BCUT2D eigenvalue weighted by molar-refractivity contribution is -0.115. The summed E-state index contributed by atoms with van der Waals surface area (Å²) in [5.74, 6) is -0.657. The van der Waals surface area contributed by atoms with Crippen molar-refractivity contribution in [2.24, 2.45) is 0 Å². The maximum absolute atomic E-state index is 13.2. The minimum absolute atomic E-state index is 0.0615. The Morgan fingerprint density at radius 1 is 1.04 bits per heavy atom. The molecule has 1 heterocycles. The molecule has 0 radical (unpaired) electrons. The van der Waals surface area contributed by atoms with Crippen molar-refractivity contribution in [1.82, 2.24) is 4.98 Å². The molecule has 6 nitrogen and oxygen atoms in total. The van der Waals surface area contributed by atoms with E-state index in [1.165, 1.54) is 19.2 Å². The Labute approximate surface area is 161 Å². The van der Waals surface area contributed by atoms with Crippen molar-refractivity contribution in [1.29, 1.82) is 0 Å². The lowest BCUT2D eigenvalue weighted by atomic mass is 10.1. The number of amides is 1. The second-order valence-corrected chi connectivity index (χ2v) is 5.98. The SMILES string of the molecule is COC(=O)c1ccc(Nc2ccc(NC(=O)Cc3cccc(F)c3)nc2)cc1. The third kappa shape index (κ3) is 5.14. The number of aromatic nitrogens is 1. The van der Waals surface area contributed by atoms with Crippen LogP contribution in [-0.4, -0.2) is 24.0 Å². The molecular formula is C21H18FN3O3. The molecule has 2 N–H and O–H groups in total. The number of halogens is 1. The van der Waals surface area contributed by atoms with Gasteiger partial charge in [0.25, 0.3) is 0 Å². The third-order valence-corrected chi connectivity index (χ3v) is 3.88. The number of ether oxygens (including phenoxy) is 1. The summed E-state index contributed by atoms with van der Waals surface area (Å²) < 4.78 is 17.8. The second kappa shape index (κ2) is 8.77. The molecule has 1 aromatic heterocycles. The summed E-state index contributed by atoms with van der Waals surface area (Å²) in [5, 5.41) is 5.82. The number of nitrogens with zero attached hydrogens (tertiary/aromatic N) is 1. The predicted octanol–water partition coefficient (Wildman–Crippen LogP) is 3.93. The molecule has 0 aliphatic rings. The molecule has 0 spiro atoms. The highest BCUT2D eigenvalue weighted by Gasteiger charge is 2.07. The molecule has 0 aliphatic heterocycles. The third-order valence-electron chi connectivity index (χ3n) is 3.88. The Kier molecular flexibility index (Phi) is 5.96. The van der Waals surface area contributed by atoms with Crippen LogP contribution >= 0.6 is 0 Å². The van der Waals surface area contributed by atoms with Gasteiger partial charge in [0.1, 0.15) is 11.6 Å². The quantitative estimate of drug-likeness (QED) is 0.635. The zero-order valence-electron chi connectivity index (χ0n) is 15.1. The largest absolute Gasteiger partial charge is 0.465 e. The number of nitrogens with one attached hydrogen (secondary N) is 2. The summed E-state index contributed by atoms with van der Waals surface area (Å²) in [4.78, 5) is 27.7. The van der Waals surface area contributed by atoms with E-state index >= 15 is 0 Å². The van der Waals surface area contributed by atoms with Crippen LogP contribution in [0.1, 0.15) is 15.9 Å². The maximum Gasteiger partial charge on any atom is 0.337 e. The van der Waals surface area contributed by atoms with E-state index in [0.29, 0.717) is 22.6 Å². The van der Waals surface area contributed by atoms with Gasteiger partial charge in [0, 0.05) is 5.69 Å². The first-order valence-electron chi connectivity index (χ1n) is 8.49. The molecule has 0 bridgehead atoms. The highest BCUT2D eigenvalue weighted by Crippen LogP contribution is 2.18. The van der Waals surface area contributed by atoms with Crippen molar-refractivity contribution in [2.45, 2.75) is 6.42 Å². The molecule has 0 aliphatic carbocycles. The smallest absolute Gasteiger partial charge is 0.337 e. The van der Waals surface area contributed by atoms with E-state index in [4.69, 9.17) is 0 Å². The average Bonchev–Trinajstić information content (AvgIpc) is 2.69. The van der Waals surface area contributed by atoms with Gasteiger partial charge >= 0.3 is 5.97 Å². The molecule has 142 valence electrons. The van der Waals surface area contributed by atoms with Crippen LogP contribution in [0.25, 0.3) is 0 Å². The highest BCUT2D eigenvalue weighted by atomic mass is 19.1. The molecule has 28 heavy (non-hydrogen) atoms.